The minimum absolute atomic E-state index is 0.0600. The summed E-state index contributed by atoms with van der Waals surface area (Å²) in [6.45, 7) is 2.59. The lowest BCUT2D eigenvalue weighted by molar-refractivity contribution is -0.123. The normalized spacial score (nSPS) is 10.2. The summed E-state index contributed by atoms with van der Waals surface area (Å²) in [7, 11) is 0. The highest BCUT2D eigenvalue weighted by atomic mass is 35.5. The van der Waals surface area contributed by atoms with Gasteiger partial charge in [0.05, 0.1) is 10.6 Å². The number of ether oxygens (including phenoxy) is 1. The topological polar surface area (TPSA) is 67.4 Å². The molecule has 5 nitrogen and oxygen atoms in total. The second kappa shape index (κ2) is 9.69. The molecule has 0 aromatic heterocycles. The third-order valence-corrected chi connectivity index (χ3v) is 3.89. The molecule has 0 fully saturated rings. The van der Waals surface area contributed by atoms with E-state index in [9.17, 15) is 9.59 Å². The second-order valence-corrected chi connectivity index (χ2v) is 5.74. The van der Waals surface area contributed by atoms with Gasteiger partial charge >= 0.3 is 0 Å². The summed E-state index contributed by atoms with van der Waals surface area (Å²) in [6.07, 6.45) is 0.839. The van der Waals surface area contributed by atoms with Crippen molar-refractivity contribution in [3.05, 3.63) is 64.7 Å². The van der Waals surface area contributed by atoms with Crippen LogP contribution in [0.15, 0.2) is 48.5 Å². The molecule has 0 radical (unpaired) electrons. The maximum Gasteiger partial charge on any atom is 0.258 e. The molecule has 6 heteroatoms. The number of rotatable bonds is 8. The minimum atomic E-state index is -0.270. The van der Waals surface area contributed by atoms with Crippen molar-refractivity contribution in [3.63, 3.8) is 0 Å². The largest absolute Gasteiger partial charge is 0.483 e. The van der Waals surface area contributed by atoms with E-state index in [2.05, 4.69) is 10.6 Å². The molecule has 0 bridgehead atoms. The zero-order valence-corrected chi connectivity index (χ0v) is 14.8. The number of benzene rings is 2. The van der Waals surface area contributed by atoms with Crippen LogP contribution in [-0.2, 0) is 11.2 Å². The van der Waals surface area contributed by atoms with E-state index < -0.39 is 0 Å². The predicted octanol–water partition coefficient (Wildman–Crippen LogP) is 2.83. The van der Waals surface area contributed by atoms with Crippen molar-refractivity contribution in [3.8, 4) is 5.75 Å². The first kappa shape index (κ1) is 18.8. The Morgan fingerprint density at radius 3 is 2.44 bits per heavy atom. The smallest absolute Gasteiger partial charge is 0.258 e. The number of aryl methyl sites for hydroxylation is 1. The van der Waals surface area contributed by atoms with Crippen LogP contribution in [0, 0.1) is 0 Å². The van der Waals surface area contributed by atoms with E-state index in [1.807, 2.05) is 31.2 Å². The molecule has 2 rings (SSSR count). The summed E-state index contributed by atoms with van der Waals surface area (Å²) in [6, 6.07) is 14.4. The standard InChI is InChI=1S/C19H21ClN2O3/c1-2-14-7-3-6-10-17(14)25-13-18(23)21-11-12-22-19(24)15-8-4-5-9-16(15)20/h3-10H,2,11-13H2,1H3,(H,21,23)(H,22,24). The van der Waals surface area contributed by atoms with Crippen molar-refractivity contribution < 1.29 is 14.3 Å². The molecule has 0 unspecified atom stereocenters. The zero-order chi connectivity index (χ0) is 18.1. The Hall–Kier alpha value is -2.53. The number of hydrogen-bond donors (Lipinski definition) is 2. The van der Waals surface area contributed by atoms with Crippen LogP contribution in [-0.4, -0.2) is 31.5 Å². The fraction of sp³-hybridized carbons (Fsp3) is 0.263. The van der Waals surface area contributed by atoms with Gasteiger partial charge in [0.15, 0.2) is 6.61 Å². The Kier molecular flexibility index (Phi) is 7.29. The molecule has 132 valence electrons. The highest BCUT2D eigenvalue weighted by Gasteiger charge is 2.09. The molecular weight excluding hydrogens is 340 g/mol. The number of hydrogen-bond acceptors (Lipinski definition) is 3. The predicted molar refractivity (Wildman–Crippen MR) is 98.1 cm³/mol. The third-order valence-electron chi connectivity index (χ3n) is 3.56. The molecule has 2 aromatic carbocycles. The second-order valence-electron chi connectivity index (χ2n) is 5.34. The molecule has 0 saturated heterocycles. The number of nitrogens with one attached hydrogen (secondary N) is 2. The summed E-state index contributed by atoms with van der Waals surface area (Å²) in [4.78, 5) is 23.8. The first-order valence-corrected chi connectivity index (χ1v) is 8.49. The monoisotopic (exact) mass is 360 g/mol. The summed E-state index contributed by atoms with van der Waals surface area (Å²) in [5, 5.41) is 5.80. The lowest BCUT2D eigenvalue weighted by Crippen LogP contribution is -2.36. The Morgan fingerprint density at radius 2 is 1.68 bits per heavy atom. The van der Waals surface area contributed by atoms with E-state index in [-0.39, 0.29) is 18.4 Å². The van der Waals surface area contributed by atoms with Crippen LogP contribution in [0.25, 0.3) is 0 Å². The van der Waals surface area contributed by atoms with Gasteiger partial charge in [-0.15, -0.1) is 0 Å². The van der Waals surface area contributed by atoms with E-state index in [4.69, 9.17) is 16.3 Å². The summed E-state index contributed by atoms with van der Waals surface area (Å²) in [5.41, 5.74) is 1.47. The quantitative estimate of drug-likeness (QED) is 0.711. The van der Waals surface area contributed by atoms with Gasteiger partial charge in [-0.1, -0.05) is 48.9 Å². The molecular formula is C19H21ClN2O3. The molecule has 0 aliphatic carbocycles. The van der Waals surface area contributed by atoms with Crippen LogP contribution < -0.4 is 15.4 Å². The Bertz CT molecular complexity index is 734. The number of amides is 2. The Labute approximate surface area is 152 Å². The summed E-state index contributed by atoms with van der Waals surface area (Å²) >= 11 is 5.96. The van der Waals surface area contributed by atoms with Crippen molar-refractivity contribution >= 4 is 23.4 Å². The van der Waals surface area contributed by atoms with Crippen molar-refractivity contribution in [2.75, 3.05) is 19.7 Å². The van der Waals surface area contributed by atoms with Gasteiger partial charge in [0.25, 0.3) is 11.8 Å². The van der Waals surface area contributed by atoms with Crippen LogP contribution in [0.1, 0.15) is 22.8 Å². The number of para-hydroxylation sites is 1. The van der Waals surface area contributed by atoms with Gasteiger partial charge in [-0.3, -0.25) is 9.59 Å². The van der Waals surface area contributed by atoms with Gasteiger partial charge < -0.3 is 15.4 Å². The summed E-state index contributed by atoms with van der Waals surface area (Å²) in [5.74, 6) is 0.207. The van der Waals surface area contributed by atoms with Crippen molar-refractivity contribution in [2.24, 2.45) is 0 Å². The molecule has 2 aromatic rings. The van der Waals surface area contributed by atoms with Crippen molar-refractivity contribution in [2.45, 2.75) is 13.3 Å². The van der Waals surface area contributed by atoms with Gasteiger partial charge in [-0.2, -0.15) is 0 Å². The fourth-order valence-corrected chi connectivity index (χ4v) is 2.47. The zero-order valence-electron chi connectivity index (χ0n) is 14.0. The first-order chi connectivity index (χ1) is 12.1. The van der Waals surface area contributed by atoms with Gasteiger partial charge in [-0.25, -0.2) is 0 Å². The van der Waals surface area contributed by atoms with E-state index in [1.165, 1.54) is 0 Å². The molecule has 0 aliphatic heterocycles. The molecule has 2 amide bonds. The highest BCUT2D eigenvalue weighted by Crippen LogP contribution is 2.18. The molecule has 25 heavy (non-hydrogen) atoms. The molecule has 2 N–H and O–H groups in total. The van der Waals surface area contributed by atoms with Crippen LogP contribution in [0.4, 0.5) is 0 Å². The van der Waals surface area contributed by atoms with Gasteiger partial charge in [0, 0.05) is 13.1 Å². The number of carbonyl (C=O) groups is 2. The molecule has 0 saturated carbocycles. The van der Waals surface area contributed by atoms with E-state index >= 15 is 0 Å². The molecule has 0 atom stereocenters. The van der Waals surface area contributed by atoms with Crippen LogP contribution >= 0.6 is 11.6 Å². The lowest BCUT2D eigenvalue weighted by Gasteiger charge is -2.11. The van der Waals surface area contributed by atoms with Crippen molar-refractivity contribution in [1.82, 2.24) is 10.6 Å². The third kappa shape index (κ3) is 5.80. The Morgan fingerprint density at radius 1 is 1.00 bits per heavy atom. The van der Waals surface area contributed by atoms with Crippen LogP contribution in [0.2, 0.25) is 5.02 Å². The molecule has 0 spiro atoms. The number of carbonyl (C=O) groups excluding carboxylic acids is 2. The molecule has 0 aliphatic rings. The first-order valence-electron chi connectivity index (χ1n) is 8.12. The lowest BCUT2D eigenvalue weighted by atomic mass is 10.1. The van der Waals surface area contributed by atoms with Gasteiger partial charge in [0.1, 0.15) is 5.75 Å². The molecule has 0 heterocycles. The number of halogens is 1. The van der Waals surface area contributed by atoms with E-state index in [0.29, 0.717) is 29.4 Å². The Balaban J connectivity index is 1.69. The fourth-order valence-electron chi connectivity index (χ4n) is 2.25. The average molecular weight is 361 g/mol. The van der Waals surface area contributed by atoms with E-state index in [0.717, 1.165) is 12.0 Å². The highest BCUT2D eigenvalue weighted by molar-refractivity contribution is 6.33. The van der Waals surface area contributed by atoms with Crippen LogP contribution in [0.3, 0.4) is 0 Å². The van der Waals surface area contributed by atoms with Crippen LogP contribution in [0.5, 0.6) is 5.75 Å². The SMILES string of the molecule is CCc1ccccc1OCC(=O)NCCNC(=O)c1ccccc1Cl. The minimum Gasteiger partial charge on any atom is -0.483 e. The summed E-state index contributed by atoms with van der Waals surface area (Å²) < 4.78 is 5.54. The maximum atomic E-state index is 12.0. The average Bonchev–Trinajstić information content (AvgIpc) is 2.64. The van der Waals surface area contributed by atoms with Gasteiger partial charge in [0.2, 0.25) is 0 Å². The maximum absolute atomic E-state index is 12.0. The van der Waals surface area contributed by atoms with E-state index in [1.54, 1.807) is 24.3 Å². The van der Waals surface area contributed by atoms with Gasteiger partial charge in [-0.05, 0) is 30.2 Å². The van der Waals surface area contributed by atoms with Crippen molar-refractivity contribution in [1.29, 1.82) is 0 Å².